The van der Waals surface area contributed by atoms with Crippen LogP contribution in [0.25, 0.3) is 0 Å². The van der Waals surface area contributed by atoms with Gasteiger partial charge in [-0.2, -0.15) is 0 Å². The molecule has 0 bridgehead atoms. The van der Waals surface area contributed by atoms with Gasteiger partial charge in [-0.15, -0.1) is 11.8 Å². The summed E-state index contributed by atoms with van der Waals surface area (Å²) in [5.74, 6) is -0.257. The van der Waals surface area contributed by atoms with Gasteiger partial charge in [-0.25, -0.2) is 4.79 Å². The molecule has 0 spiro atoms. The molecule has 2 rings (SSSR count). The zero-order valence-corrected chi connectivity index (χ0v) is 12.9. The lowest BCUT2D eigenvalue weighted by Gasteiger charge is -2.24. The topological polar surface area (TPSA) is 66.8 Å². The lowest BCUT2D eigenvalue weighted by Crippen LogP contribution is -2.43. The van der Waals surface area contributed by atoms with Crippen molar-refractivity contribution in [2.24, 2.45) is 0 Å². The summed E-state index contributed by atoms with van der Waals surface area (Å²) < 4.78 is 5.09. The van der Waals surface area contributed by atoms with E-state index in [1.54, 1.807) is 7.11 Å². The first kappa shape index (κ1) is 15.7. The average molecular weight is 309 g/mol. The number of nitrogens with zero attached hydrogens (tertiary/aromatic N) is 1. The predicted octanol–water partition coefficient (Wildman–Crippen LogP) is 2.25. The predicted molar refractivity (Wildman–Crippen MR) is 80.7 cm³/mol. The summed E-state index contributed by atoms with van der Waals surface area (Å²) in [6.07, 6.45) is 1.30. The molecule has 0 radical (unpaired) electrons. The van der Waals surface area contributed by atoms with E-state index in [4.69, 9.17) is 9.84 Å². The van der Waals surface area contributed by atoms with E-state index >= 15 is 0 Å². The van der Waals surface area contributed by atoms with Gasteiger partial charge in [0.2, 0.25) is 5.91 Å². The van der Waals surface area contributed by atoms with Crippen LogP contribution < -0.4 is 4.74 Å². The number of carbonyl (C=O) groups excluding carboxylic acids is 1. The summed E-state index contributed by atoms with van der Waals surface area (Å²) in [5, 5.41) is 8.84. The number of carbonyl (C=O) groups is 2. The van der Waals surface area contributed by atoms with E-state index in [0.29, 0.717) is 13.0 Å². The van der Waals surface area contributed by atoms with Crippen LogP contribution in [0.5, 0.6) is 5.75 Å². The van der Waals surface area contributed by atoms with Crippen molar-refractivity contribution in [2.75, 3.05) is 13.7 Å². The fourth-order valence-electron chi connectivity index (χ4n) is 2.43. The van der Waals surface area contributed by atoms with Crippen LogP contribution in [0, 0.1) is 0 Å². The highest BCUT2D eigenvalue weighted by Gasteiger charge is 2.35. The summed E-state index contributed by atoms with van der Waals surface area (Å²) in [4.78, 5) is 26.0. The third-order valence-corrected chi connectivity index (χ3v) is 4.64. The van der Waals surface area contributed by atoms with E-state index in [0.717, 1.165) is 17.1 Å². The lowest BCUT2D eigenvalue weighted by atomic mass is 10.2. The highest BCUT2D eigenvalue weighted by Crippen LogP contribution is 2.28. The first-order valence-electron chi connectivity index (χ1n) is 6.87. The summed E-state index contributed by atoms with van der Waals surface area (Å²) in [6.45, 7) is 2.35. The van der Waals surface area contributed by atoms with Gasteiger partial charge in [0.15, 0.2) is 0 Å². The molecule has 1 amide bonds. The van der Waals surface area contributed by atoms with Gasteiger partial charge < -0.3 is 14.7 Å². The fourth-order valence-corrected chi connectivity index (χ4v) is 3.37. The minimum Gasteiger partial charge on any atom is -0.497 e. The van der Waals surface area contributed by atoms with Crippen molar-refractivity contribution in [1.29, 1.82) is 0 Å². The summed E-state index contributed by atoms with van der Waals surface area (Å²) in [7, 11) is 1.60. The molecule has 0 aromatic heterocycles. The van der Waals surface area contributed by atoms with Gasteiger partial charge in [0, 0.05) is 11.4 Å². The first-order chi connectivity index (χ1) is 10.0. The van der Waals surface area contributed by atoms with E-state index in [9.17, 15) is 9.59 Å². The van der Waals surface area contributed by atoms with Gasteiger partial charge in [0.25, 0.3) is 0 Å². The Kier molecular flexibility index (Phi) is 5.12. The molecule has 1 saturated heterocycles. The molecular weight excluding hydrogens is 290 g/mol. The van der Waals surface area contributed by atoms with E-state index in [-0.39, 0.29) is 11.2 Å². The standard InChI is InChI=1S/C15H19NO4S/c1-10(21-12-7-5-11(20-2)6-8-12)14(17)16-9-3-4-13(16)15(18)19/h5-8,10,13H,3-4,9H2,1-2H3,(H,18,19)/t10?,13-/m0/s1. The number of benzene rings is 1. The van der Waals surface area contributed by atoms with Crippen molar-refractivity contribution in [3.05, 3.63) is 24.3 Å². The SMILES string of the molecule is COc1ccc(SC(C)C(=O)N2CCC[C@H]2C(=O)O)cc1. The molecule has 1 N–H and O–H groups in total. The van der Waals surface area contributed by atoms with E-state index in [1.807, 2.05) is 31.2 Å². The number of hydrogen-bond acceptors (Lipinski definition) is 4. The number of carboxylic acid groups (broad SMARTS) is 1. The molecule has 1 aliphatic rings. The fraction of sp³-hybridized carbons (Fsp3) is 0.467. The molecule has 21 heavy (non-hydrogen) atoms. The molecule has 1 unspecified atom stereocenters. The Morgan fingerprint density at radius 1 is 1.38 bits per heavy atom. The Morgan fingerprint density at radius 3 is 2.62 bits per heavy atom. The van der Waals surface area contributed by atoms with Gasteiger partial charge in [-0.1, -0.05) is 0 Å². The van der Waals surface area contributed by atoms with E-state index in [2.05, 4.69) is 0 Å². The summed E-state index contributed by atoms with van der Waals surface area (Å²) in [6, 6.07) is 6.80. The van der Waals surface area contributed by atoms with Crippen LogP contribution in [-0.2, 0) is 9.59 Å². The number of thioether (sulfide) groups is 1. The van der Waals surface area contributed by atoms with Crippen molar-refractivity contribution in [3.8, 4) is 5.75 Å². The molecule has 1 aromatic rings. The number of amides is 1. The Hall–Kier alpha value is -1.69. The van der Waals surface area contributed by atoms with Crippen molar-refractivity contribution in [1.82, 2.24) is 4.90 Å². The maximum absolute atomic E-state index is 12.4. The third kappa shape index (κ3) is 3.69. The molecule has 114 valence electrons. The number of methoxy groups -OCH3 is 1. The molecule has 5 nitrogen and oxygen atoms in total. The number of aliphatic carboxylic acids is 1. The molecule has 2 atom stereocenters. The number of ether oxygens (including phenoxy) is 1. The smallest absolute Gasteiger partial charge is 0.326 e. The van der Waals surface area contributed by atoms with Crippen LogP contribution in [0.15, 0.2) is 29.2 Å². The molecule has 1 aromatic carbocycles. The van der Waals surface area contributed by atoms with Gasteiger partial charge >= 0.3 is 5.97 Å². The quantitative estimate of drug-likeness (QED) is 0.845. The molecular formula is C15H19NO4S. The minimum atomic E-state index is -0.914. The maximum atomic E-state index is 12.4. The Bertz CT molecular complexity index is 517. The molecule has 0 saturated carbocycles. The second-order valence-electron chi connectivity index (χ2n) is 4.96. The van der Waals surface area contributed by atoms with E-state index in [1.165, 1.54) is 16.7 Å². The van der Waals surface area contributed by atoms with Crippen LogP contribution in [-0.4, -0.2) is 46.8 Å². The normalized spacial score (nSPS) is 19.3. The largest absolute Gasteiger partial charge is 0.497 e. The van der Waals surface area contributed by atoms with Crippen LogP contribution in [0.2, 0.25) is 0 Å². The van der Waals surface area contributed by atoms with Gasteiger partial charge in [0.1, 0.15) is 11.8 Å². The van der Waals surface area contributed by atoms with Gasteiger partial charge in [-0.3, -0.25) is 4.79 Å². The highest BCUT2D eigenvalue weighted by atomic mass is 32.2. The van der Waals surface area contributed by atoms with Gasteiger partial charge in [0.05, 0.1) is 12.4 Å². The highest BCUT2D eigenvalue weighted by molar-refractivity contribution is 8.00. The molecule has 6 heteroatoms. The van der Waals surface area contributed by atoms with Crippen molar-refractivity contribution < 1.29 is 19.4 Å². The number of likely N-dealkylation sites (tertiary alicyclic amines) is 1. The first-order valence-corrected chi connectivity index (χ1v) is 7.75. The van der Waals surface area contributed by atoms with Crippen molar-refractivity contribution in [3.63, 3.8) is 0 Å². The Balaban J connectivity index is 2.00. The minimum absolute atomic E-state index is 0.110. The second kappa shape index (κ2) is 6.85. The number of hydrogen-bond donors (Lipinski definition) is 1. The Labute approximate surface area is 128 Å². The summed E-state index contributed by atoms with van der Waals surface area (Å²) >= 11 is 1.43. The van der Waals surface area contributed by atoms with Crippen molar-refractivity contribution >= 4 is 23.6 Å². The lowest BCUT2D eigenvalue weighted by molar-refractivity contribution is -0.147. The Morgan fingerprint density at radius 2 is 2.05 bits per heavy atom. The van der Waals surface area contributed by atoms with E-state index < -0.39 is 12.0 Å². The molecule has 1 heterocycles. The second-order valence-corrected chi connectivity index (χ2v) is 6.38. The third-order valence-electron chi connectivity index (χ3n) is 3.54. The molecule has 1 fully saturated rings. The molecule has 0 aliphatic carbocycles. The zero-order chi connectivity index (χ0) is 15.4. The molecule has 1 aliphatic heterocycles. The number of carboxylic acids is 1. The van der Waals surface area contributed by atoms with Gasteiger partial charge in [-0.05, 0) is 44.0 Å². The average Bonchev–Trinajstić information content (AvgIpc) is 2.96. The number of rotatable bonds is 5. The van der Waals surface area contributed by atoms with Crippen molar-refractivity contribution in [2.45, 2.75) is 36.0 Å². The maximum Gasteiger partial charge on any atom is 0.326 e. The monoisotopic (exact) mass is 309 g/mol. The summed E-state index contributed by atoms with van der Waals surface area (Å²) in [5.41, 5.74) is 0. The zero-order valence-electron chi connectivity index (χ0n) is 12.1. The van der Waals surface area contributed by atoms with Crippen LogP contribution in [0.4, 0.5) is 0 Å². The van der Waals surface area contributed by atoms with Crippen LogP contribution in [0.1, 0.15) is 19.8 Å². The van der Waals surface area contributed by atoms with Crippen LogP contribution >= 0.6 is 11.8 Å². The van der Waals surface area contributed by atoms with Crippen LogP contribution in [0.3, 0.4) is 0 Å².